The third-order valence-electron chi connectivity index (χ3n) is 10.1. The summed E-state index contributed by atoms with van der Waals surface area (Å²) in [6.07, 6.45) is -0.363. The fourth-order valence-corrected chi connectivity index (χ4v) is 5.95. The predicted molar refractivity (Wildman–Crippen MR) is 313 cm³/mol. The number of rotatable bonds is 14. The Kier molecular flexibility index (Phi) is 53.5. The average Bonchev–Trinajstić information content (AvgIpc) is 1.72. The van der Waals surface area contributed by atoms with Crippen LogP contribution >= 0.6 is 23.2 Å². The Balaban J connectivity index is -0.000000222. The molecule has 0 radical (unpaired) electrons. The summed E-state index contributed by atoms with van der Waals surface area (Å²) in [4.78, 5) is 91.1. The summed E-state index contributed by atoms with van der Waals surface area (Å²) in [5, 5.41) is 18.2. The molecule has 0 unspecified atom stereocenters. The molecule has 6 rings (SSSR count). The van der Waals surface area contributed by atoms with E-state index in [1.807, 2.05) is 19.6 Å². The molecule has 0 bridgehead atoms. The summed E-state index contributed by atoms with van der Waals surface area (Å²) in [7, 11) is 4.42. The third kappa shape index (κ3) is 27.4. The first-order valence-corrected chi connectivity index (χ1v) is 24.9. The Labute approximate surface area is 604 Å². The van der Waals surface area contributed by atoms with Crippen molar-refractivity contribution in [2.75, 3.05) is 46.9 Å². The minimum absolute atomic E-state index is 0. The molecule has 5 aromatic carbocycles. The maximum atomic E-state index is 13.7. The quantitative estimate of drug-likeness (QED) is 0.00848. The van der Waals surface area contributed by atoms with Crippen LogP contribution < -0.4 is 35.3 Å². The molecule has 0 aliphatic carbocycles. The van der Waals surface area contributed by atoms with Gasteiger partial charge in [-0.15, -0.1) is 28.3 Å². The number of amides is 2. The fourth-order valence-electron chi connectivity index (χ4n) is 5.95. The van der Waals surface area contributed by atoms with Gasteiger partial charge in [0.2, 0.25) is 5.82 Å². The molecule has 54 heteroatoms. The van der Waals surface area contributed by atoms with Gasteiger partial charge in [-0.25, -0.2) is 116 Å². The number of carboxylic acids is 1. The number of aromatic carboxylic acids is 1. The first-order chi connectivity index (χ1) is 46.8. The number of benzene rings is 5. The number of hydrogen-bond acceptors (Lipinski definition) is 17. The van der Waals surface area contributed by atoms with Gasteiger partial charge in [0.1, 0.15) is 50.6 Å². The van der Waals surface area contributed by atoms with Gasteiger partial charge in [-0.1, -0.05) is 50.2 Å². The summed E-state index contributed by atoms with van der Waals surface area (Å²) in [5.41, 5.74) is 35.6. The van der Waals surface area contributed by atoms with Crippen LogP contribution in [0.25, 0.3) is 57.7 Å². The molecule has 2 amide bonds. The molecule has 0 aromatic heterocycles. The van der Waals surface area contributed by atoms with E-state index in [4.69, 9.17) is 61.5 Å². The molecule has 3 N–H and O–H groups in total. The van der Waals surface area contributed by atoms with Crippen molar-refractivity contribution in [1.29, 1.82) is 0 Å². The second-order valence-corrected chi connectivity index (χ2v) is 16.4. The molecule has 105 heavy (non-hydrogen) atoms. The number of halogens is 23. The number of nitrogens with two attached hydrogens (primary N) is 1. The molecule has 5 aromatic rings. The van der Waals surface area contributed by atoms with Gasteiger partial charge in [-0.3, -0.25) is 14.5 Å². The number of carboxylic acid groups (broad SMARTS) is 1. The Hall–Kier alpha value is -10.8. The van der Waals surface area contributed by atoms with Crippen molar-refractivity contribution in [3.63, 3.8) is 0 Å². The first kappa shape index (κ1) is 108. The van der Waals surface area contributed by atoms with Crippen LogP contribution in [0.15, 0.2) is 20.5 Å². The summed E-state index contributed by atoms with van der Waals surface area (Å²) >= 11 is 9.53. The van der Waals surface area contributed by atoms with Gasteiger partial charge in [0.25, 0.3) is 11.8 Å². The van der Waals surface area contributed by atoms with Crippen LogP contribution in [0.1, 0.15) is 101 Å². The second-order valence-electron chi connectivity index (χ2n) is 15.5. The zero-order chi connectivity index (χ0) is 78.1. The van der Waals surface area contributed by atoms with Gasteiger partial charge in [0, 0.05) is 52.6 Å². The van der Waals surface area contributed by atoms with Crippen molar-refractivity contribution in [1.82, 2.24) is 5.06 Å². The maximum absolute atomic E-state index is 13.7. The number of carbonyl (C=O) groups is 7. The van der Waals surface area contributed by atoms with E-state index in [1.54, 1.807) is 0 Å². The number of carbonyl (C=O) groups excluding carboxylic acids is 6. The van der Waals surface area contributed by atoms with E-state index in [9.17, 15) is 126 Å². The van der Waals surface area contributed by atoms with E-state index in [-0.39, 0.29) is 102 Å². The van der Waals surface area contributed by atoms with Gasteiger partial charge in [-0.05, 0) is 29.2 Å². The maximum Gasteiger partial charge on any atom is 1.00 e. The number of hydroxylamine groups is 2. The molecule has 1 saturated heterocycles. The normalized spacial score (nSPS) is 9.92. The Morgan fingerprint density at radius 2 is 0.619 bits per heavy atom. The molecule has 0 saturated carbocycles. The van der Waals surface area contributed by atoms with E-state index in [0.29, 0.717) is 0 Å². The van der Waals surface area contributed by atoms with Crippen LogP contribution in [0, 0.1) is 122 Å². The van der Waals surface area contributed by atoms with Gasteiger partial charge < -0.3 is 45.7 Å². The molecule has 572 valence electrons. The number of methoxy groups -OCH3 is 3. The van der Waals surface area contributed by atoms with E-state index in [1.165, 1.54) is 19.1 Å². The molecule has 1 heterocycles. The first-order valence-electron chi connectivity index (χ1n) is 23.8. The Morgan fingerprint density at radius 3 is 0.838 bits per heavy atom. The SMILES string of the molecule is C.C.C.C.CN.COC(=O)c1c(F)c(F)c(F)c(F)c1F.COC(=O)c1c(F)c(F)c(N=[N+]=[N-])c(F)c1F.COCCCOC(=O)c1c(F)c(F)c(N=[N+]=[N-])c(F)c1F.ClCCl.[N-]=[N+]=Nc1c(F)c(F)c(C(=O)O)c(F)c1F.[N-]=[N+]=Nc1c(F)c(F)c(C(=O)ON2C(=O)CCC2=O)c(F)c1F.[N-]=[N+]=[N-].[Na+]. The molecule has 1 aliphatic rings. The van der Waals surface area contributed by atoms with E-state index in [0.717, 1.165) is 14.2 Å². The summed E-state index contributed by atoms with van der Waals surface area (Å²) in [5.74, 6) is -54.9. The number of hydrogen-bond donors (Lipinski definition) is 2. The molecule has 30 nitrogen and oxygen atoms in total. The van der Waals surface area contributed by atoms with Crippen molar-refractivity contribution in [3.8, 4) is 0 Å². The molecule has 0 spiro atoms. The van der Waals surface area contributed by atoms with Crippen molar-refractivity contribution in [2.45, 2.75) is 49.0 Å². The zero-order valence-electron chi connectivity index (χ0n) is 49.5. The standard InChI is InChI=1S/C11H4F4N4O4.C11H9F4N3O3.C8H3F5O2.C8H3F4N3O2.C7HF4N3O2.CH2Cl2.CH5N.4CH4.N3.Na/c12-6-5(7(13)9(15)10(8(6)14)17-18-16)11(22)23-19-3(20)1-2-4(19)21;1-20-3-2-4-21-11(19)5-6(12)8(14)10(17-18-16)9(15)7(5)13;1-15-8(14)2-3(9)5(11)7(13)6(12)4(2)10;1-17-8(16)2-3(9)5(11)7(14-15-13)6(12)4(2)10;8-2-1(7(15)16)3(9)5(11)6(4(2)10)13-14-12;2-1-3;1-2;;;;;1-3-2;/h1-2H2;2-4H2,1H3;1H3;1H3;(H,15,16);1H2;2H2,1H3;4*1H4;;/q;;;;;;;;;;;-1;+1. The second kappa shape index (κ2) is 52.2. The van der Waals surface area contributed by atoms with Crippen LogP contribution in [0.4, 0.5) is 115 Å². The predicted octanol–water partition coefficient (Wildman–Crippen LogP) is 15.2. The van der Waals surface area contributed by atoms with Gasteiger partial charge >= 0.3 is 59.4 Å². The number of alkyl halides is 2. The van der Waals surface area contributed by atoms with Gasteiger partial charge in [-0.2, -0.15) is 0 Å². The number of imide groups is 1. The van der Waals surface area contributed by atoms with E-state index < -0.39 is 214 Å². The van der Waals surface area contributed by atoms with Crippen molar-refractivity contribution in [2.24, 2.45) is 26.2 Å². The average molecular weight is 1590 g/mol. The third-order valence-corrected chi connectivity index (χ3v) is 10.1. The smallest absolute Gasteiger partial charge is 0.477 e. The van der Waals surface area contributed by atoms with Crippen LogP contribution in [-0.2, 0) is 33.4 Å². The topological polar surface area (TPSA) is 469 Å². The summed E-state index contributed by atoms with van der Waals surface area (Å²) < 4.78 is 293. The number of ether oxygens (including phenoxy) is 4. The molecule has 1 fully saturated rings. The summed E-state index contributed by atoms with van der Waals surface area (Å²) in [6, 6.07) is 0. The largest absolute Gasteiger partial charge is 1.00 e. The van der Waals surface area contributed by atoms with Gasteiger partial charge in [0.15, 0.2) is 116 Å². The van der Waals surface area contributed by atoms with E-state index >= 15 is 0 Å². The summed E-state index contributed by atoms with van der Waals surface area (Å²) in [6.45, 7) is -0.0380. The van der Waals surface area contributed by atoms with Crippen LogP contribution in [-0.4, -0.2) is 98.8 Å². The number of azide groups is 4. The Morgan fingerprint density at radius 1 is 0.410 bits per heavy atom. The molecule has 0 atom stereocenters. The zero-order valence-corrected chi connectivity index (χ0v) is 53.0. The Bertz CT molecular complexity index is 4040. The monoisotopic (exact) mass is 1590 g/mol. The fraction of sp³-hybridized carbons (Fsp3) is 0.275. The number of esters is 3. The molecule has 1 aliphatic heterocycles. The van der Waals surface area contributed by atoms with Crippen LogP contribution in [0.5, 0.6) is 0 Å². The van der Waals surface area contributed by atoms with Crippen LogP contribution in [0.2, 0.25) is 0 Å². The van der Waals surface area contributed by atoms with Crippen molar-refractivity contribution in [3.05, 3.63) is 208 Å². The van der Waals surface area contributed by atoms with Crippen LogP contribution in [0.3, 0.4) is 0 Å². The van der Waals surface area contributed by atoms with Gasteiger partial charge in [0.05, 0.1) is 26.2 Å². The van der Waals surface area contributed by atoms with E-state index in [2.05, 4.69) is 50.0 Å². The minimum Gasteiger partial charge on any atom is -0.477 e. The number of nitrogens with zero attached hydrogens (tertiary/aromatic N) is 16. The van der Waals surface area contributed by atoms with Crippen molar-refractivity contribution >= 4 is 87.6 Å². The molecular formula is C51H43Cl2F21N17NaO13. The minimum atomic E-state index is -2.32. The molecular weight excluding hydrogens is 1550 g/mol. The van der Waals surface area contributed by atoms with Crippen molar-refractivity contribution < 1.29 is 184 Å².